The maximum absolute atomic E-state index is 15.5. The number of carbonyl (C=O) groups excluding carboxylic acids is 2. The number of halogens is 1. The van der Waals surface area contributed by atoms with Gasteiger partial charge in [0.2, 0.25) is 5.88 Å². The molecule has 0 spiro atoms. The first-order valence-corrected chi connectivity index (χ1v) is 14.0. The van der Waals surface area contributed by atoms with Crippen LogP contribution in [0.5, 0.6) is 5.88 Å². The Hall–Kier alpha value is -3.61. The Morgan fingerprint density at radius 1 is 1.13 bits per heavy atom. The highest BCUT2D eigenvalue weighted by Crippen LogP contribution is 2.48. The normalized spacial score (nSPS) is 25.5. The molecule has 3 heterocycles. The molecule has 2 aliphatic heterocycles. The summed E-state index contributed by atoms with van der Waals surface area (Å²) in [5.74, 6) is -0.821. The summed E-state index contributed by atoms with van der Waals surface area (Å²) < 4.78 is 43.6. The molecule has 4 rings (SSSR count). The van der Waals surface area contributed by atoms with Crippen molar-refractivity contribution < 1.29 is 27.7 Å². The number of nitrogens with zero attached hydrogens (tertiary/aromatic N) is 4. The molecule has 1 aromatic carbocycles. The van der Waals surface area contributed by atoms with E-state index < -0.39 is 48.7 Å². The van der Waals surface area contributed by atoms with Crippen molar-refractivity contribution in [2.24, 2.45) is 9.36 Å². The summed E-state index contributed by atoms with van der Waals surface area (Å²) in [7, 11) is -1.60. The molecule has 0 saturated carbocycles. The quantitative estimate of drug-likeness (QED) is 0.574. The van der Waals surface area contributed by atoms with E-state index in [-0.39, 0.29) is 28.7 Å². The number of fused-ring (bicyclic) bond motifs is 1. The molecule has 2 N–H and O–H groups in total. The number of benzene rings is 1. The van der Waals surface area contributed by atoms with E-state index in [9.17, 15) is 13.8 Å². The zero-order valence-electron chi connectivity index (χ0n) is 23.0. The molecule has 11 nitrogen and oxygen atoms in total. The van der Waals surface area contributed by atoms with Crippen LogP contribution in [0.2, 0.25) is 0 Å². The third kappa shape index (κ3) is 5.19. The number of carbonyl (C=O) groups is 2. The van der Waals surface area contributed by atoms with Crippen molar-refractivity contribution in [2.45, 2.75) is 69.1 Å². The third-order valence-electron chi connectivity index (χ3n) is 6.79. The lowest BCUT2D eigenvalue weighted by Gasteiger charge is -2.45. The van der Waals surface area contributed by atoms with Crippen LogP contribution in [-0.2, 0) is 20.0 Å². The van der Waals surface area contributed by atoms with E-state index in [1.54, 1.807) is 41.5 Å². The molecule has 0 unspecified atom stereocenters. The Balaban J connectivity index is 1.76. The minimum absolute atomic E-state index is 0.0341. The summed E-state index contributed by atoms with van der Waals surface area (Å²) in [5.41, 5.74) is -1.73. The van der Waals surface area contributed by atoms with E-state index in [1.165, 1.54) is 37.7 Å². The Morgan fingerprint density at radius 3 is 2.46 bits per heavy atom. The Bertz CT molecular complexity index is 1460. The minimum atomic E-state index is -3.03. The largest absolute Gasteiger partial charge is 0.480 e. The predicted octanol–water partition coefficient (Wildman–Crippen LogP) is 4.05. The van der Waals surface area contributed by atoms with Crippen LogP contribution < -0.4 is 15.4 Å². The van der Waals surface area contributed by atoms with Gasteiger partial charge in [-0.25, -0.2) is 27.7 Å². The number of nitrogens with one attached hydrogen (secondary N) is 2. The number of hydrogen-bond acceptors (Lipinski definition) is 9. The van der Waals surface area contributed by atoms with E-state index in [4.69, 9.17) is 14.5 Å². The lowest BCUT2D eigenvalue weighted by molar-refractivity contribution is 0.0560. The number of ether oxygens (including phenoxy) is 2. The maximum atomic E-state index is 15.5. The second-order valence-corrected chi connectivity index (χ2v) is 14.0. The standard InChI is InChI=1S/C26H33FN6O5S/c1-24(2,3)38-23(35)32-22-25(4,5)39(36)19(10-11-30-39)26(6,33-22)16-12-15(8-9-17(16)27)31-21(34)18-13-29-20(37-7)14-28-18/h8-9,12-14,19H,10-11H2,1-7H3,(H,31,34)(H,32,33,35)/t19-,26+,39+/m0/s1. The summed E-state index contributed by atoms with van der Waals surface area (Å²) >= 11 is 0. The second kappa shape index (κ2) is 9.85. The summed E-state index contributed by atoms with van der Waals surface area (Å²) in [4.78, 5) is 38.3. The van der Waals surface area contributed by atoms with Gasteiger partial charge in [0.15, 0.2) is 0 Å². The second-order valence-electron chi connectivity index (χ2n) is 11.0. The molecular weight excluding hydrogens is 527 g/mol. The number of hydrogen-bond donors (Lipinski definition) is 2. The summed E-state index contributed by atoms with van der Waals surface area (Å²) in [6, 6.07) is 4.07. The van der Waals surface area contributed by atoms with Crippen molar-refractivity contribution >= 4 is 33.3 Å². The number of methoxy groups -OCH3 is 1. The van der Waals surface area contributed by atoms with E-state index in [1.807, 2.05) is 0 Å². The van der Waals surface area contributed by atoms with Crippen molar-refractivity contribution in [1.29, 1.82) is 0 Å². The lowest BCUT2D eigenvalue weighted by Crippen LogP contribution is -2.60. The van der Waals surface area contributed by atoms with Gasteiger partial charge in [0.1, 0.15) is 33.2 Å². The van der Waals surface area contributed by atoms with Gasteiger partial charge in [-0.2, -0.15) is 0 Å². The Labute approximate surface area is 227 Å². The van der Waals surface area contributed by atoms with Crippen LogP contribution in [0.15, 0.2) is 39.9 Å². The van der Waals surface area contributed by atoms with Gasteiger partial charge in [0.05, 0.1) is 34.5 Å². The van der Waals surface area contributed by atoms with Gasteiger partial charge in [-0.15, -0.1) is 0 Å². The van der Waals surface area contributed by atoms with Crippen LogP contribution in [0.3, 0.4) is 0 Å². The Morgan fingerprint density at radius 2 is 1.85 bits per heavy atom. The van der Waals surface area contributed by atoms with Crippen molar-refractivity contribution in [3.63, 3.8) is 0 Å². The molecular formula is C26H33FN6O5S. The van der Waals surface area contributed by atoms with Crippen LogP contribution >= 0.6 is 0 Å². The topological polar surface area (TPSA) is 144 Å². The first kappa shape index (κ1) is 28.4. The smallest absolute Gasteiger partial charge is 0.413 e. The molecule has 2 aliphatic rings. The average Bonchev–Trinajstić information content (AvgIpc) is 3.27. The van der Waals surface area contributed by atoms with Gasteiger partial charge in [-0.1, -0.05) is 0 Å². The van der Waals surface area contributed by atoms with Crippen LogP contribution in [0.4, 0.5) is 14.9 Å². The molecule has 210 valence electrons. The van der Waals surface area contributed by atoms with Crippen molar-refractivity contribution in [3.8, 4) is 5.88 Å². The van der Waals surface area contributed by atoms with Crippen LogP contribution in [-0.4, -0.2) is 61.3 Å². The van der Waals surface area contributed by atoms with Crippen LogP contribution in [0, 0.1) is 5.82 Å². The fourth-order valence-electron chi connectivity index (χ4n) is 4.78. The zero-order valence-corrected chi connectivity index (χ0v) is 23.8. The molecule has 3 atom stereocenters. The summed E-state index contributed by atoms with van der Waals surface area (Å²) in [5, 5.41) is 4.71. The highest BCUT2D eigenvalue weighted by atomic mass is 32.2. The summed E-state index contributed by atoms with van der Waals surface area (Å²) in [6.07, 6.45) is 2.22. The van der Waals surface area contributed by atoms with Gasteiger partial charge in [-0.05, 0) is 66.2 Å². The van der Waals surface area contributed by atoms with E-state index >= 15 is 4.39 Å². The summed E-state index contributed by atoms with van der Waals surface area (Å²) in [6.45, 7) is 10.6. The number of amides is 2. The fourth-order valence-corrected chi connectivity index (χ4v) is 7.97. The van der Waals surface area contributed by atoms with Gasteiger partial charge in [-0.3, -0.25) is 15.1 Å². The number of rotatable bonds is 4. The minimum Gasteiger partial charge on any atom is -0.480 e. The van der Waals surface area contributed by atoms with Crippen molar-refractivity contribution in [2.75, 3.05) is 19.0 Å². The van der Waals surface area contributed by atoms with Gasteiger partial charge in [0, 0.05) is 17.8 Å². The van der Waals surface area contributed by atoms with E-state index in [0.717, 1.165) is 0 Å². The first-order chi connectivity index (χ1) is 18.1. The SMILES string of the molecule is COc1cnc(C(=O)Nc2ccc(F)c([C@@]3(C)N=C(NC(=O)OC(C)(C)C)C(C)(C)[S@@]4(=O)=NCC[C@@H]34)c2)cn1. The van der Waals surface area contributed by atoms with E-state index in [2.05, 4.69) is 25.0 Å². The molecule has 2 aromatic rings. The maximum Gasteiger partial charge on any atom is 0.413 e. The molecule has 13 heteroatoms. The van der Waals surface area contributed by atoms with Gasteiger partial charge in [0.25, 0.3) is 5.91 Å². The first-order valence-electron chi connectivity index (χ1n) is 12.4. The molecule has 39 heavy (non-hydrogen) atoms. The predicted molar refractivity (Wildman–Crippen MR) is 145 cm³/mol. The molecule has 2 amide bonds. The number of alkyl carbamates (subject to hydrolysis) is 1. The highest BCUT2D eigenvalue weighted by Gasteiger charge is 2.57. The highest BCUT2D eigenvalue weighted by molar-refractivity contribution is 7.96. The zero-order chi connectivity index (χ0) is 28.8. The number of aliphatic imine (C=N–C) groups is 1. The molecule has 0 bridgehead atoms. The van der Waals surface area contributed by atoms with Gasteiger partial charge >= 0.3 is 6.09 Å². The third-order valence-corrected chi connectivity index (χ3v) is 10.5. The number of anilines is 1. The number of amidine groups is 1. The van der Waals surface area contributed by atoms with Crippen LogP contribution in [0.1, 0.15) is 64.0 Å². The molecule has 0 saturated heterocycles. The Kier molecular flexibility index (Phi) is 7.17. The molecule has 0 radical (unpaired) electrons. The molecule has 1 aromatic heterocycles. The van der Waals surface area contributed by atoms with E-state index in [0.29, 0.717) is 13.0 Å². The van der Waals surface area contributed by atoms with Crippen LogP contribution in [0.25, 0.3) is 0 Å². The van der Waals surface area contributed by atoms with Crippen molar-refractivity contribution in [1.82, 2.24) is 15.3 Å². The number of aromatic nitrogens is 2. The lowest BCUT2D eigenvalue weighted by atomic mass is 9.85. The molecule has 0 aliphatic carbocycles. The average molecular weight is 561 g/mol. The fraction of sp³-hybridized carbons (Fsp3) is 0.500. The monoisotopic (exact) mass is 560 g/mol. The molecule has 0 fully saturated rings. The van der Waals surface area contributed by atoms with Crippen molar-refractivity contribution in [3.05, 3.63) is 47.7 Å². The van der Waals surface area contributed by atoms with Gasteiger partial charge < -0.3 is 14.8 Å².